The summed E-state index contributed by atoms with van der Waals surface area (Å²) in [6, 6.07) is 11.4. The molecule has 3 aromatic rings. The van der Waals surface area contributed by atoms with Crippen molar-refractivity contribution in [2.75, 3.05) is 0 Å². The SMILES string of the molecule is Cc1ccc(S(=O)(=O)C2C=Nc3cc(-c4ccc(C5CCC5)c(O)c4F)nnc32)cc1. The van der Waals surface area contributed by atoms with Gasteiger partial charge in [0.1, 0.15) is 10.9 Å². The van der Waals surface area contributed by atoms with E-state index >= 15 is 0 Å². The Kier molecular flexibility index (Phi) is 4.62. The van der Waals surface area contributed by atoms with Crippen LogP contribution in [0.1, 0.15) is 47.3 Å². The standard InChI is InChI=1S/C23H20FN3O3S/c1-13-5-7-15(8-6-13)31(29,30)20-12-25-19-11-18(26-27-22(19)20)17-10-9-16(14-3-2-4-14)23(28)21(17)24/h5-12,14,20,28H,2-4H2,1H3. The lowest BCUT2D eigenvalue weighted by molar-refractivity contribution is 0.378. The second-order valence-corrected chi connectivity index (χ2v) is 10.1. The molecule has 1 fully saturated rings. The Morgan fingerprint density at radius 2 is 1.81 bits per heavy atom. The van der Waals surface area contributed by atoms with Gasteiger partial charge in [0.2, 0.25) is 0 Å². The Balaban J connectivity index is 1.50. The number of fused-ring (bicyclic) bond motifs is 1. The molecule has 5 rings (SSSR count). The molecule has 0 bridgehead atoms. The number of hydrogen-bond donors (Lipinski definition) is 1. The van der Waals surface area contributed by atoms with Crippen LogP contribution in [0.2, 0.25) is 0 Å². The van der Waals surface area contributed by atoms with E-state index in [2.05, 4.69) is 15.2 Å². The molecule has 1 atom stereocenters. The average Bonchev–Trinajstić information content (AvgIpc) is 3.14. The molecular formula is C23H20FN3O3S. The van der Waals surface area contributed by atoms with Gasteiger partial charge in [0.05, 0.1) is 16.3 Å². The molecule has 1 aliphatic carbocycles. The summed E-state index contributed by atoms with van der Waals surface area (Å²) in [5.74, 6) is -0.913. The van der Waals surface area contributed by atoms with Crippen LogP contribution in [0.3, 0.4) is 0 Å². The molecule has 2 aromatic carbocycles. The van der Waals surface area contributed by atoms with E-state index in [0.717, 1.165) is 24.8 Å². The first kappa shape index (κ1) is 19.8. The highest BCUT2D eigenvalue weighted by molar-refractivity contribution is 7.92. The number of phenolic OH excluding ortho intramolecular Hbond substituents is 1. The molecule has 0 saturated heterocycles. The van der Waals surface area contributed by atoms with Gasteiger partial charge >= 0.3 is 0 Å². The van der Waals surface area contributed by atoms with Gasteiger partial charge in [-0.25, -0.2) is 12.8 Å². The maximum Gasteiger partial charge on any atom is 0.192 e. The van der Waals surface area contributed by atoms with E-state index in [-0.39, 0.29) is 33.5 Å². The van der Waals surface area contributed by atoms with E-state index in [1.165, 1.54) is 12.3 Å². The third kappa shape index (κ3) is 3.22. The smallest absolute Gasteiger partial charge is 0.192 e. The molecule has 1 saturated carbocycles. The fraction of sp³-hybridized carbons (Fsp3) is 0.261. The quantitative estimate of drug-likeness (QED) is 0.633. The molecular weight excluding hydrogens is 417 g/mol. The number of rotatable bonds is 4. The van der Waals surface area contributed by atoms with Crippen molar-refractivity contribution in [3.05, 3.63) is 65.1 Å². The van der Waals surface area contributed by atoms with Crippen molar-refractivity contribution >= 4 is 21.7 Å². The van der Waals surface area contributed by atoms with Gasteiger partial charge in [-0.05, 0) is 49.9 Å². The van der Waals surface area contributed by atoms with Gasteiger partial charge in [-0.3, -0.25) is 4.99 Å². The molecule has 1 aliphatic heterocycles. The van der Waals surface area contributed by atoms with Crippen LogP contribution in [0, 0.1) is 12.7 Å². The Labute approximate surface area is 179 Å². The Morgan fingerprint density at radius 3 is 2.48 bits per heavy atom. The van der Waals surface area contributed by atoms with Crippen LogP contribution in [0.15, 0.2) is 52.4 Å². The lowest BCUT2D eigenvalue weighted by atomic mass is 9.79. The third-order valence-corrected chi connectivity index (χ3v) is 8.01. The van der Waals surface area contributed by atoms with E-state index < -0.39 is 20.9 Å². The van der Waals surface area contributed by atoms with E-state index in [9.17, 15) is 17.9 Å². The number of nitrogens with zero attached hydrogens (tertiary/aromatic N) is 3. The van der Waals surface area contributed by atoms with Crippen LogP contribution in [0.4, 0.5) is 10.1 Å². The van der Waals surface area contributed by atoms with E-state index in [1.54, 1.807) is 36.4 Å². The third-order valence-electron chi connectivity index (χ3n) is 6.07. The molecule has 1 aromatic heterocycles. The number of aryl methyl sites for hydroxylation is 1. The molecule has 6 nitrogen and oxygen atoms in total. The highest BCUT2D eigenvalue weighted by Crippen LogP contribution is 2.44. The van der Waals surface area contributed by atoms with Gasteiger partial charge in [0.15, 0.2) is 21.4 Å². The van der Waals surface area contributed by atoms with Crippen molar-refractivity contribution in [3.8, 4) is 17.0 Å². The maximum absolute atomic E-state index is 14.9. The highest BCUT2D eigenvalue weighted by atomic mass is 32.2. The fourth-order valence-corrected chi connectivity index (χ4v) is 5.47. The molecule has 2 heterocycles. The Hall–Kier alpha value is -3.13. The highest BCUT2D eigenvalue weighted by Gasteiger charge is 2.35. The summed E-state index contributed by atoms with van der Waals surface area (Å²) in [5.41, 5.74) is 2.40. The summed E-state index contributed by atoms with van der Waals surface area (Å²) < 4.78 is 41.0. The number of sulfone groups is 1. The molecule has 0 radical (unpaired) electrons. The molecule has 158 valence electrons. The molecule has 1 unspecified atom stereocenters. The van der Waals surface area contributed by atoms with Crippen molar-refractivity contribution in [1.82, 2.24) is 10.2 Å². The molecule has 0 spiro atoms. The van der Waals surface area contributed by atoms with Gasteiger partial charge in [-0.15, -0.1) is 5.10 Å². The van der Waals surface area contributed by atoms with Gasteiger partial charge in [0, 0.05) is 17.3 Å². The fourth-order valence-electron chi connectivity index (χ4n) is 3.98. The summed E-state index contributed by atoms with van der Waals surface area (Å²) in [6.07, 6.45) is 4.29. The summed E-state index contributed by atoms with van der Waals surface area (Å²) in [6.45, 7) is 1.88. The first-order chi connectivity index (χ1) is 14.9. The normalized spacial score (nSPS) is 18.1. The minimum atomic E-state index is -3.74. The van der Waals surface area contributed by atoms with Crippen molar-refractivity contribution in [2.24, 2.45) is 4.99 Å². The van der Waals surface area contributed by atoms with Crippen molar-refractivity contribution in [1.29, 1.82) is 0 Å². The minimum absolute atomic E-state index is 0.107. The van der Waals surface area contributed by atoms with Crippen LogP contribution in [-0.2, 0) is 9.84 Å². The lowest BCUT2D eigenvalue weighted by Gasteiger charge is -2.26. The molecule has 1 N–H and O–H groups in total. The van der Waals surface area contributed by atoms with Gasteiger partial charge in [-0.1, -0.05) is 30.2 Å². The topological polar surface area (TPSA) is 92.5 Å². The second kappa shape index (κ2) is 7.23. The molecule has 31 heavy (non-hydrogen) atoms. The van der Waals surface area contributed by atoms with Crippen LogP contribution in [0.25, 0.3) is 11.3 Å². The number of phenols is 1. The van der Waals surface area contributed by atoms with Crippen molar-refractivity contribution < 1.29 is 17.9 Å². The number of aromatic hydroxyl groups is 1. The van der Waals surface area contributed by atoms with Gasteiger partial charge < -0.3 is 5.11 Å². The summed E-state index contributed by atoms with van der Waals surface area (Å²) >= 11 is 0. The Morgan fingerprint density at radius 1 is 1.06 bits per heavy atom. The van der Waals surface area contributed by atoms with Gasteiger partial charge in [-0.2, -0.15) is 5.10 Å². The zero-order valence-electron chi connectivity index (χ0n) is 16.8. The predicted molar refractivity (Wildman–Crippen MR) is 115 cm³/mol. The van der Waals surface area contributed by atoms with Crippen LogP contribution < -0.4 is 0 Å². The number of halogens is 1. The monoisotopic (exact) mass is 437 g/mol. The first-order valence-electron chi connectivity index (χ1n) is 10.1. The minimum Gasteiger partial charge on any atom is -0.505 e. The van der Waals surface area contributed by atoms with E-state index in [0.29, 0.717) is 11.3 Å². The number of hydrogen-bond acceptors (Lipinski definition) is 6. The van der Waals surface area contributed by atoms with E-state index in [1.807, 2.05) is 6.92 Å². The van der Waals surface area contributed by atoms with Crippen molar-refractivity contribution in [2.45, 2.75) is 42.2 Å². The Bertz CT molecular complexity index is 1320. The van der Waals surface area contributed by atoms with Crippen LogP contribution in [0.5, 0.6) is 5.75 Å². The zero-order valence-corrected chi connectivity index (χ0v) is 17.6. The number of benzene rings is 2. The predicted octanol–water partition coefficient (Wildman–Crippen LogP) is 4.80. The van der Waals surface area contributed by atoms with Crippen LogP contribution >= 0.6 is 0 Å². The zero-order chi connectivity index (χ0) is 21.8. The molecule has 8 heteroatoms. The second-order valence-electron chi connectivity index (χ2n) is 8.05. The number of aromatic nitrogens is 2. The van der Waals surface area contributed by atoms with Crippen molar-refractivity contribution in [3.63, 3.8) is 0 Å². The summed E-state index contributed by atoms with van der Waals surface area (Å²) in [5, 5.41) is 17.4. The maximum atomic E-state index is 14.9. The molecule has 0 amide bonds. The first-order valence-corrected chi connectivity index (χ1v) is 11.6. The number of aliphatic imine (C=N–C) groups is 1. The average molecular weight is 437 g/mol. The largest absolute Gasteiger partial charge is 0.505 e. The van der Waals surface area contributed by atoms with Gasteiger partial charge in [0.25, 0.3) is 0 Å². The van der Waals surface area contributed by atoms with Crippen LogP contribution in [-0.4, -0.2) is 29.9 Å². The summed E-state index contributed by atoms with van der Waals surface area (Å²) in [4.78, 5) is 4.38. The van der Waals surface area contributed by atoms with E-state index in [4.69, 9.17) is 0 Å². The lowest BCUT2D eigenvalue weighted by Crippen LogP contribution is -2.14. The summed E-state index contributed by atoms with van der Waals surface area (Å²) in [7, 11) is -3.74. The molecule has 2 aliphatic rings.